The Kier molecular flexibility index (Phi) is 8.68. The maximum absolute atomic E-state index is 11.5. The lowest BCUT2D eigenvalue weighted by atomic mass is 9.89. The summed E-state index contributed by atoms with van der Waals surface area (Å²) in [7, 11) is 0. The van der Waals surface area contributed by atoms with Crippen molar-refractivity contribution in [3.8, 4) is 0 Å². The number of ketones is 1. The molecule has 1 aliphatic heterocycles. The fourth-order valence-electron chi connectivity index (χ4n) is 3.20. The van der Waals surface area contributed by atoms with E-state index in [-0.39, 0.29) is 30.1 Å². The molecule has 138 valence electrons. The van der Waals surface area contributed by atoms with E-state index in [1.807, 2.05) is 0 Å². The van der Waals surface area contributed by atoms with Crippen molar-refractivity contribution in [1.82, 2.24) is 0 Å². The predicted octanol–water partition coefficient (Wildman–Crippen LogP) is 4.61. The van der Waals surface area contributed by atoms with Crippen LogP contribution in [0.3, 0.4) is 0 Å². The van der Waals surface area contributed by atoms with Crippen LogP contribution >= 0.6 is 0 Å². The van der Waals surface area contributed by atoms with Gasteiger partial charge in [0.25, 0.3) is 0 Å². The fraction of sp³-hybridized carbons (Fsp3) is 0.800. The van der Waals surface area contributed by atoms with Gasteiger partial charge in [-0.3, -0.25) is 9.59 Å². The summed E-state index contributed by atoms with van der Waals surface area (Å²) in [6.45, 7) is 10.1. The molecule has 1 fully saturated rings. The SMILES string of the molecule is CC(=O)OC(CC=C(C)C)C(C)CCCC1(C)CCCC(=O)CO1. The van der Waals surface area contributed by atoms with Gasteiger partial charge < -0.3 is 9.47 Å². The number of carbonyl (C=O) groups is 2. The Morgan fingerprint density at radius 1 is 1.38 bits per heavy atom. The summed E-state index contributed by atoms with van der Waals surface area (Å²) in [4.78, 5) is 22.8. The van der Waals surface area contributed by atoms with Gasteiger partial charge in [0.05, 0.1) is 5.60 Å². The van der Waals surface area contributed by atoms with Gasteiger partial charge in [0.1, 0.15) is 12.7 Å². The van der Waals surface area contributed by atoms with Crippen LogP contribution in [0.2, 0.25) is 0 Å². The van der Waals surface area contributed by atoms with Crippen molar-refractivity contribution in [3.05, 3.63) is 11.6 Å². The van der Waals surface area contributed by atoms with Crippen LogP contribution in [0.5, 0.6) is 0 Å². The lowest BCUT2D eigenvalue weighted by Crippen LogP contribution is -2.29. The standard InChI is InChI=1S/C20H34O4/c1-15(2)10-11-19(24-17(4)21)16(3)8-6-12-20(5)13-7-9-18(22)14-23-20/h10,16,19H,6-9,11-14H2,1-5H3. The smallest absolute Gasteiger partial charge is 0.302 e. The van der Waals surface area contributed by atoms with Crippen molar-refractivity contribution >= 4 is 11.8 Å². The van der Waals surface area contributed by atoms with E-state index in [2.05, 4.69) is 33.8 Å². The van der Waals surface area contributed by atoms with Crippen LogP contribution in [0.1, 0.15) is 79.6 Å². The van der Waals surface area contributed by atoms with Gasteiger partial charge in [0.2, 0.25) is 0 Å². The molecule has 0 bridgehead atoms. The van der Waals surface area contributed by atoms with Crippen LogP contribution in [-0.4, -0.2) is 30.1 Å². The Morgan fingerprint density at radius 2 is 2.08 bits per heavy atom. The van der Waals surface area contributed by atoms with Crippen molar-refractivity contribution < 1.29 is 19.1 Å². The van der Waals surface area contributed by atoms with Crippen LogP contribution in [0, 0.1) is 5.92 Å². The van der Waals surface area contributed by atoms with E-state index in [4.69, 9.17) is 9.47 Å². The Morgan fingerprint density at radius 3 is 2.71 bits per heavy atom. The highest BCUT2D eigenvalue weighted by Crippen LogP contribution is 2.29. The zero-order valence-electron chi connectivity index (χ0n) is 16.0. The van der Waals surface area contributed by atoms with Crippen molar-refractivity contribution in [3.63, 3.8) is 0 Å². The first-order valence-electron chi connectivity index (χ1n) is 9.18. The molecular weight excluding hydrogens is 304 g/mol. The fourth-order valence-corrected chi connectivity index (χ4v) is 3.20. The van der Waals surface area contributed by atoms with Crippen molar-refractivity contribution in [2.24, 2.45) is 5.92 Å². The summed E-state index contributed by atoms with van der Waals surface area (Å²) in [6, 6.07) is 0. The molecule has 3 unspecified atom stereocenters. The Hall–Kier alpha value is -1.16. The van der Waals surface area contributed by atoms with Crippen LogP contribution in [0.15, 0.2) is 11.6 Å². The molecule has 4 heteroatoms. The van der Waals surface area contributed by atoms with E-state index < -0.39 is 0 Å². The molecule has 0 aromatic carbocycles. The third-order valence-electron chi connectivity index (χ3n) is 4.82. The summed E-state index contributed by atoms with van der Waals surface area (Å²) in [5.74, 6) is 0.302. The summed E-state index contributed by atoms with van der Waals surface area (Å²) in [5.41, 5.74) is 1.05. The molecule has 1 heterocycles. The Balaban J connectivity index is 2.48. The zero-order valence-corrected chi connectivity index (χ0v) is 16.0. The van der Waals surface area contributed by atoms with Crippen LogP contribution in [0.4, 0.5) is 0 Å². The topological polar surface area (TPSA) is 52.6 Å². The van der Waals surface area contributed by atoms with Crippen molar-refractivity contribution in [2.75, 3.05) is 6.61 Å². The molecule has 4 nitrogen and oxygen atoms in total. The second kappa shape index (κ2) is 9.97. The van der Waals surface area contributed by atoms with Gasteiger partial charge in [0, 0.05) is 19.8 Å². The first kappa shape index (κ1) is 20.9. The van der Waals surface area contributed by atoms with E-state index in [9.17, 15) is 9.59 Å². The molecule has 0 spiro atoms. The summed E-state index contributed by atoms with van der Waals surface area (Å²) >= 11 is 0. The Labute approximate surface area is 147 Å². The van der Waals surface area contributed by atoms with Crippen LogP contribution in [-0.2, 0) is 19.1 Å². The van der Waals surface area contributed by atoms with Gasteiger partial charge in [-0.05, 0) is 52.4 Å². The number of hydrogen-bond donors (Lipinski definition) is 0. The highest BCUT2D eigenvalue weighted by molar-refractivity contribution is 5.79. The predicted molar refractivity (Wildman–Crippen MR) is 95.8 cm³/mol. The van der Waals surface area contributed by atoms with Crippen molar-refractivity contribution in [2.45, 2.75) is 91.3 Å². The molecule has 0 aromatic heterocycles. The van der Waals surface area contributed by atoms with Gasteiger partial charge in [-0.1, -0.05) is 25.0 Å². The quantitative estimate of drug-likeness (QED) is 0.479. The number of hydrogen-bond acceptors (Lipinski definition) is 4. The highest BCUT2D eigenvalue weighted by atomic mass is 16.5. The van der Waals surface area contributed by atoms with E-state index in [1.165, 1.54) is 12.5 Å². The van der Waals surface area contributed by atoms with Gasteiger partial charge >= 0.3 is 5.97 Å². The molecule has 1 saturated heterocycles. The third-order valence-corrected chi connectivity index (χ3v) is 4.82. The normalized spacial score (nSPS) is 24.0. The Bertz CT molecular complexity index is 451. The molecule has 0 saturated carbocycles. The number of carbonyl (C=O) groups excluding carboxylic acids is 2. The van der Waals surface area contributed by atoms with E-state index >= 15 is 0 Å². The van der Waals surface area contributed by atoms with Crippen molar-refractivity contribution in [1.29, 1.82) is 0 Å². The second-order valence-electron chi connectivity index (χ2n) is 7.67. The van der Waals surface area contributed by atoms with Crippen LogP contribution < -0.4 is 0 Å². The molecule has 1 aliphatic rings. The molecule has 0 N–H and O–H groups in total. The van der Waals surface area contributed by atoms with E-state index in [0.717, 1.165) is 38.5 Å². The molecule has 0 radical (unpaired) electrons. The minimum atomic E-state index is -0.216. The van der Waals surface area contributed by atoms with Gasteiger partial charge in [0.15, 0.2) is 5.78 Å². The second-order valence-corrected chi connectivity index (χ2v) is 7.67. The number of rotatable bonds is 8. The largest absolute Gasteiger partial charge is 0.462 e. The average Bonchev–Trinajstić information content (AvgIpc) is 2.65. The van der Waals surface area contributed by atoms with Gasteiger partial charge in [-0.15, -0.1) is 0 Å². The molecule has 0 amide bonds. The molecule has 0 aromatic rings. The highest BCUT2D eigenvalue weighted by Gasteiger charge is 2.29. The maximum Gasteiger partial charge on any atom is 0.302 e. The van der Waals surface area contributed by atoms with Crippen LogP contribution in [0.25, 0.3) is 0 Å². The summed E-state index contributed by atoms with van der Waals surface area (Å²) < 4.78 is 11.3. The zero-order chi connectivity index (χ0) is 18.2. The molecule has 0 aliphatic carbocycles. The minimum Gasteiger partial charge on any atom is -0.462 e. The number of allylic oxidation sites excluding steroid dienone is 1. The average molecular weight is 338 g/mol. The number of Topliss-reactive ketones (excluding diaryl/α,β-unsaturated/α-hetero) is 1. The lowest BCUT2D eigenvalue weighted by molar-refractivity contribution is -0.148. The summed E-state index contributed by atoms with van der Waals surface area (Å²) in [6.07, 6.45) is 8.28. The van der Waals surface area contributed by atoms with Gasteiger partial charge in [-0.25, -0.2) is 0 Å². The molecule has 24 heavy (non-hydrogen) atoms. The molecule has 3 atom stereocenters. The third kappa shape index (κ3) is 8.09. The first-order valence-corrected chi connectivity index (χ1v) is 9.18. The monoisotopic (exact) mass is 338 g/mol. The van der Waals surface area contributed by atoms with E-state index in [0.29, 0.717) is 12.3 Å². The summed E-state index contributed by atoms with van der Waals surface area (Å²) in [5, 5.41) is 0. The maximum atomic E-state index is 11.5. The van der Waals surface area contributed by atoms with E-state index in [1.54, 1.807) is 0 Å². The lowest BCUT2D eigenvalue weighted by Gasteiger charge is -2.29. The number of ether oxygens (including phenoxy) is 2. The minimum absolute atomic E-state index is 0.0677. The number of esters is 1. The molecule has 1 rings (SSSR count). The first-order chi connectivity index (χ1) is 11.2. The van der Waals surface area contributed by atoms with Gasteiger partial charge in [-0.2, -0.15) is 0 Å². The molecular formula is C20H34O4.